The smallest absolute Gasteiger partial charge is 0.264 e. The summed E-state index contributed by atoms with van der Waals surface area (Å²) >= 11 is 1.52. The highest BCUT2D eigenvalue weighted by molar-refractivity contribution is 7.91. The predicted octanol–water partition coefficient (Wildman–Crippen LogP) is 2.28. The summed E-state index contributed by atoms with van der Waals surface area (Å²) in [5.41, 5.74) is 1.14. The molecule has 1 atom stereocenters. The van der Waals surface area contributed by atoms with Gasteiger partial charge in [0.25, 0.3) is 5.91 Å². The Kier molecular flexibility index (Phi) is 6.22. The van der Waals surface area contributed by atoms with Gasteiger partial charge < -0.3 is 9.64 Å². The summed E-state index contributed by atoms with van der Waals surface area (Å²) in [6.07, 6.45) is 2.15. The van der Waals surface area contributed by atoms with Crippen LogP contribution in [0.15, 0.2) is 6.07 Å². The van der Waals surface area contributed by atoms with E-state index in [9.17, 15) is 13.2 Å². The Morgan fingerprint density at radius 3 is 2.74 bits per heavy atom. The van der Waals surface area contributed by atoms with Gasteiger partial charge in [0.2, 0.25) is 0 Å². The molecular weight excluding hydrogens is 334 g/mol. The van der Waals surface area contributed by atoms with E-state index in [2.05, 4.69) is 6.92 Å². The Balaban J connectivity index is 2.19. The van der Waals surface area contributed by atoms with Gasteiger partial charge in [0, 0.05) is 31.2 Å². The second-order valence-electron chi connectivity index (χ2n) is 5.97. The minimum absolute atomic E-state index is 0.0454. The van der Waals surface area contributed by atoms with Gasteiger partial charge in [-0.1, -0.05) is 6.92 Å². The van der Waals surface area contributed by atoms with Gasteiger partial charge in [-0.05, 0) is 37.8 Å². The summed E-state index contributed by atoms with van der Waals surface area (Å²) in [6.45, 7) is 5.19. The normalized spacial score (nSPS) is 19.9. The number of hydrogen-bond donors (Lipinski definition) is 0. The number of rotatable bonds is 7. The van der Waals surface area contributed by atoms with Crippen molar-refractivity contribution in [2.24, 2.45) is 0 Å². The molecule has 0 saturated carbocycles. The standard InChI is InChI=1S/C16H25NO4S2/c1-4-14-12(2)10-15(22-14)16(18)17(7-5-8-21-3)13-6-9-23(19,20)11-13/h10,13H,4-9,11H2,1-3H3. The van der Waals surface area contributed by atoms with E-state index in [0.717, 1.165) is 12.0 Å². The van der Waals surface area contributed by atoms with E-state index >= 15 is 0 Å². The van der Waals surface area contributed by atoms with Crippen LogP contribution in [0.4, 0.5) is 0 Å². The van der Waals surface area contributed by atoms with Crippen LogP contribution in [0.1, 0.15) is 39.9 Å². The number of methoxy groups -OCH3 is 1. The van der Waals surface area contributed by atoms with Crippen molar-refractivity contribution in [2.75, 3.05) is 31.8 Å². The first kappa shape index (κ1) is 18.4. The number of nitrogens with zero attached hydrogens (tertiary/aromatic N) is 1. The number of carbonyl (C=O) groups excluding carboxylic acids is 1. The Morgan fingerprint density at radius 2 is 2.22 bits per heavy atom. The van der Waals surface area contributed by atoms with Gasteiger partial charge in [0.1, 0.15) is 0 Å². The molecule has 7 heteroatoms. The lowest BCUT2D eigenvalue weighted by Crippen LogP contribution is -2.41. The minimum Gasteiger partial charge on any atom is -0.385 e. The molecule has 0 aromatic carbocycles. The average molecular weight is 360 g/mol. The van der Waals surface area contributed by atoms with Crippen LogP contribution in [0.25, 0.3) is 0 Å². The summed E-state index contributed by atoms with van der Waals surface area (Å²) < 4.78 is 28.6. The minimum atomic E-state index is -3.02. The topological polar surface area (TPSA) is 63.7 Å². The van der Waals surface area contributed by atoms with Crippen LogP contribution in [0.3, 0.4) is 0 Å². The number of carbonyl (C=O) groups is 1. The van der Waals surface area contributed by atoms with Crippen LogP contribution in [-0.2, 0) is 21.0 Å². The number of sulfone groups is 1. The van der Waals surface area contributed by atoms with Crippen molar-refractivity contribution in [2.45, 2.75) is 39.2 Å². The predicted molar refractivity (Wildman–Crippen MR) is 93.0 cm³/mol. The van der Waals surface area contributed by atoms with E-state index in [4.69, 9.17) is 4.74 Å². The van der Waals surface area contributed by atoms with Gasteiger partial charge in [-0.2, -0.15) is 0 Å². The second kappa shape index (κ2) is 7.77. The number of thiophene rings is 1. The van der Waals surface area contributed by atoms with Crippen LogP contribution in [0.2, 0.25) is 0 Å². The van der Waals surface area contributed by atoms with Gasteiger partial charge in [0.15, 0.2) is 9.84 Å². The lowest BCUT2D eigenvalue weighted by atomic mass is 10.2. The highest BCUT2D eigenvalue weighted by Crippen LogP contribution is 2.26. The molecule has 1 aliphatic rings. The maximum Gasteiger partial charge on any atom is 0.264 e. The number of amides is 1. The quantitative estimate of drug-likeness (QED) is 0.701. The maximum absolute atomic E-state index is 12.9. The molecule has 0 aliphatic carbocycles. The van der Waals surface area contributed by atoms with E-state index in [1.807, 2.05) is 13.0 Å². The van der Waals surface area contributed by atoms with Gasteiger partial charge in [0.05, 0.1) is 16.4 Å². The zero-order chi connectivity index (χ0) is 17.0. The maximum atomic E-state index is 12.9. The van der Waals surface area contributed by atoms with Crippen LogP contribution in [-0.4, -0.2) is 57.0 Å². The van der Waals surface area contributed by atoms with E-state index in [0.29, 0.717) is 30.9 Å². The third-order valence-corrected chi connectivity index (χ3v) is 7.33. The summed E-state index contributed by atoms with van der Waals surface area (Å²) in [4.78, 5) is 16.6. The largest absolute Gasteiger partial charge is 0.385 e. The van der Waals surface area contributed by atoms with Crippen molar-refractivity contribution < 1.29 is 17.9 Å². The molecule has 0 radical (unpaired) electrons. The molecule has 130 valence electrons. The van der Waals surface area contributed by atoms with Crippen molar-refractivity contribution in [1.29, 1.82) is 0 Å². The van der Waals surface area contributed by atoms with E-state index in [-0.39, 0.29) is 23.5 Å². The molecule has 2 heterocycles. The molecule has 1 fully saturated rings. The molecule has 1 unspecified atom stereocenters. The van der Waals surface area contributed by atoms with E-state index in [1.165, 1.54) is 16.2 Å². The molecule has 0 bridgehead atoms. The molecule has 1 aromatic rings. The Labute approximate surface area is 142 Å². The summed E-state index contributed by atoms with van der Waals surface area (Å²) in [6, 6.07) is 1.72. The van der Waals surface area contributed by atoms with Crippen LogP contribution in [0.5, 0.6) is 0 Å². The molecule has 23 heavy (non-hydrogen) atoms. The first-order valence-electron chi connectivity index (χ1n) is 7.97. The molecule has 1 aromatic heterocycles. The summed E-state index contributed by atoms with van der Waals surface area (Å²) in [7, 11) is -1.39. The third-order valence-electron chi connectivity index (χ3n) is 4.21. The fourth-order valence-electron chi connectivity index (χ4n) is 2.97. The fraction of sp³-hybridized carbons (Fsp3) is 0.688. The molecule has 0 spiro atoms. The van der Waals surface area contributed by atoms with Gasteiger partial charge in [-0.3, -0.25) is 4.79 Å². The molecule has 1 amide bonds. The number of aryl methyl sites for hydroxylation is 2. The van der Waals surface area contributed by atoms with Crippen molar-refractivity contribution in [3.05, 3.63) is 21.4 Å². The fourth-order valence-corrected chi connectivity index (χ4v) is 5.77. The Morgan fingerprint density at radius 1 is 1.48 bits per heavy atom. The second-order valence-corrected chi connectivity index (χ2v) is 9.34. The van der Waals surface area contributed by atoms with Gasteiger partial charge in [-0.15, -0.1) is 11.3 Å². The molecule has 2 rings (SSSR count). The zero-order valence-electron chi connectivity index (χ0n) is 14.0. The van der Waals surface area contributed by atoms with Gasteiger partial charge in [-0.25, -0.2) is 8.42 Å². The first-order chi connectivity index (χ1) is 10.9. The van der Waals surface area contributed by atoms with Gasteiger partial charge >= 0.3 is 0 Å². The van der Waals surface area contributed by atoms with Crippen molar-refractivity contribution in [3.8, 4) is 0 Å². The monoisotopic (exact) mass is 359 g/mol. The number of hydrogen-bond acceptors (Lipinski definition) is 5. The lowest BCUT2D eigenvalue weighted by Gasteiger charge is -2.27. The third kappa shape index (κ3) is 4.55. The first-order valence-corrected chi connectivity index (χ1v) is 10.6. The molecule has 5 nitrogen and oxygen atoms in total. The van der Waals surface area contributed by atoms with Crippen LogP contribution >= 0.6 is 11.3 Å². The molecule has 0 N–H and O–H groups in total. The van der Waals surface area contributed by atoms with Crippen molar-refractivity contribution in [3.63, 3.8) is 0 Å². The highest BCUT2D eigenvalue weighted by atomic mass is 32.2. The number of ether oxygens (including phenoxy) is 1. The van der Waals surface area contributed by atoms with E-state index < -0.39 is 9.84 Å². The molecule has 1 aliphatic heterocycles. The zero-order valence-corrected chi connectivity index (χ0v) is 15.6. The summed E-state index contributed by atoms with van der Waals surface area (Å²) in [5.74, 6) is 0.211. The Hall–Kier alpha value is -0.920. The molecule has 1 saturated heterocycles. The van der Waals surface area contributed by atoms with E-state index in [1.54, 1.807) is 12.0 Å². The lowest BCUT2D eigenvalue weighted by molar-refractivity contribution is 0.0679. The SMILES string of the molecule is CCc1sc(C(=O)N(CCCOC)C2CCS(=O)(=O)C2)cc1C. The van der Waals surface area contributed by atoms with Crippen LogP contribution in [0, 0.1) is 6.92 Å². The van der Waals surface area contributed by atoms with Crippen molar-refractivity contribution in [1.82, 2.24) is 4.90 Å². The Bertz CT molecular complexity index is 651. The summed E-state index contributed by atoms with van der Waals surface area (Å²) in [5, 5.41) is 0. The van der Waals surface area contributed by atoms with Crippen molar-refractivity contribution >= 4 is 27.1 Å². The molecular formula is C16H25NO4S2. The van der Waals surface area contributed by atoms with Crippen LogP contribution < -0.4 is 0 Å². The average Bonchev–Trinajstić information content (AvgIpc) is 3.05. The highest BCUT2D eigenvalue weighted by Gasteiger charge is 2.35.